The van der Waals surface area contributed by atoms with Crippen molar-refractivity contribution in [3.8, 4) is 0 Å². The Hall–Kier alpha value is -1.08. The molecule has 0 amide bonds. The summed E-state index contributed by atoms with van der Waals surface area (Å²) in [5.74, 6) is 0.253. The minimum Gasteiger partial charge on any atom is -0.388 e. The van der Waals surface area contributed by atoms with Gasteiger partial charge < -0.3 is 5.11 Å². The second-order valence-electron chi connectivity index (χ2n) is 4.50. The molecular formula is C15H22O. The molecule has 88 valence electrons. The van der Waals surface area contributed by atoms with Crippen LogP contribution in [0.5, 0.6) is 0 Å². The topological polar surface area (TPSA) is 20.2 Å². The summed E-state index contributed by atoms with van der Waals surface area (Å²) in [7, 11) is 0. The zero-order valence-corrected chi connectivity index (χ0v) is 10.5. The second-order valence-corrected chi connectivity index (χ2v) is 4.50. The van der Waals surface area contributed by atoms with E-state index in [1.54, 1.807) is 0 Å². The van der Waals surface area contributed by atoms with E-state index in [4.69, 9.17) is 0 Å². The van der Waals surface area contributed by atoms with Crippen molar-refractivity contribution in [2.75, 3.05) is 0 Å². The van der Waals surface area contributed by atoms with E-state index in [2.05, 4.69) is 25.1 Å². The van der Waals surface area contributed by atoms with Gasteiger partial charge in [-0.1, -0.05) is 63.6 Å². The van der Waals surface area contributed by atoms with Crippen LogP contribution in [0, 0.1) is 5.92 Å². The van der Waals surface area contributed by atoms with Crippen LogP contribution in [-0.4, -0.2) is 11.2 Å². The normalized spacial score (nSPS) is 14.2. The molecule has 1 aromatic carbocycles. The van der Waals surface area contributed by atoms with Gasteiger partial charge in [0.05, 0.1) is 6.10 Å². The van der Waals surface area contributed by atoms with Crippen molar-refractivity contribution in [1.82, 2.24) is 0 Å². The fourth-order valence-electron chi connectivity index (χ4n) is 1.70. The van der Waals surface area contributed by atoms with Gasteiger partial charge in [0.1, 0.15) is 0 Å². The van der Waals surface area contributed by atoms with Crippen LogP contribution in [0.25, 0.3) is 5.57 Å². The van der Waals surface area contributed by atoms with Crippen LogP contribution in [0.1, 0.15) is 39.2 Å². The van der Waals surface area contributed by atoms with E-state index in [1.807, 2.05) is 32.0 Å². The first-order valence-corrected chi connectivity index (χ1v) is 6.10. The summed E-state index contributed by atoms with van der Waals surface area (Å²) in [6.07, 6.45) is 3.93. The Morgan fingerprint density at radius 2 is 1.88 bits per heavy atom. The maximum Gasteiger partial charge on any atom is 0.0815 e. The van der Waals surface area contributed by atoms with Gasteiger partial charge in [-0.3, -0.25) is 0 Å². The van der Waals surface area contributed by atoms with E-state index in [0.29, 0.717) is 0 Å². The molecule has 0 saturated carbocycles. The minimum absolute atomic E-state index is 0.253. The molecule has 0 spiro atoms. The second kappa shape index (κ2) is 6.49. The van der Waals surface area contributed by atoms with Gasteiger partial charge >= 0.3 is 0 Å². The molecule has 1 N–H and O–H groups in total. The van der Waals surface area contributed by atoms with Crippen molar-refractivity contribution in [3.63, 3.8) is 0 Å². The first kappa shape index (κ1) is 13.0. The van der Waals surface area contributed by atoms with Crippen molar-refractivity contribution in [3.05, 3.63) is 42.0 Å². The Labute approximate surface area is 98.8 Å². The van der Waals surface area contributed by atoms with Gasteiger partial charge in [-0.2, -0.15) is 0 Å². The van der Waals surface area contributed by atoms with Gasteiger partial charge in [0.25, 0.3) is 0 Å². The lowest BCUT2D eigenvalue weighted by atomic mass is 9.92. The predicted molar refractivity (Wildman–Crippen MR) is 70.2 cm³/mol. The molecule has 0 bridgehead atoms. The average molecular weight is 218 g/mol. The van der Waals surface area contributed by atoms with Gasteiger partial charge in [-0.15, -0.1) is 0 Å². The molecule has 1 atom stereocenters. The number of benzene rings is 1. The zero-order valence-electron chi connectivity index (χ0n) is 10.5. The minimum atomic E-state index is -0.367. The molecule has 0 aliphatic heterocycles. The number of hydrogen-bond acceptors (Lipinski definition) is 1. The summed E-state index contributed by atoms with van der Waals surface area (Å²) in [6.45, 7) is 6.25. The van der Waals surface area contributed by atoms with E-state index in [9.17, 15) is 5.11 Å². The summed E-state index contributed by atoms with van der Waals surface area (Å²) >= 11 is 0. The van der Waals surface area contributed by atoms with Crippen LogP contribution in [0.15, 0.2) is 36.4 Å². The molecule has 1 heteroatoms. The molecule has 1 aromatic rings. The number of aliphatic hydroxyl groups is 1. The number of unbranched alkanes of at least 4 members (excludes halogenated alkanes) is 1. The lowest BCUT2D eigenvalue weighted by Crippen LogP contribution is -2.16. The number of hydrogen-bond donors (Lipinski definition) is 1. The monoisotopic (exact) mass is 218 g/mol. The third-order valence-corrected chi connectivity index (χ3v) is 2.71. The van der Waals surface area contributed by atoms with Crippen molar-refractivity contribution >= 4 is 5.57 Å². The number of rotatable bonds is 5. The van der Waals surface area contributed by atoms with Gasteiger partial charge in [0.15, 0.2) is 0 Å². The quantitative estimate of drug-likeness (QED) is 0.795. The molecule has 0 unspecified atom stereocenters. The maximum atomic E-state index is 10.2. The number of allylic oxidation sites excluding steroid dienone is 1. The molecule has 0 radical (unpaired) electrons. The van der Waals surface area contributed by atoms with Crippen molar-refractivity contribution in [2.24, 2.45) is 5.92 Å². The molecule has 0 aromatic heterocycles. The molecule has 0 saturated heterocycles. The van der Waals surface area contributed by atoms with Crippen molar-refractivity contribution < 1.29 is 5.11 Å². The highest BCUT2D eigenvalue weighted by atomic mass is 16.3. The van der Waals surface area contributed by atoms with Crippen LogP contribution >= 0.6 is 0 Å². The fraction of sp³-hybridized carbons (Fsp3) is 0.467. The predicted octanol–water partition coefficient (Wildman–Crippen LogP) is 3.89. The molecule has 0 aliphatic rings. The first-order valence-electron chi connectivity index (χ1n) is 6.10. The van der Waals surface area contributed by atoms with Gasteiger partial charge in [0, 0.05) is 0 Å². The van der Waals surface area contributed by atoms with Crippen molar-refractivity contribution in [2.45, 2.75) is 39.7 Å². The number of aliphatic hydroxyl groups excluding tert-OH is 1. The summed E-state index contributed by atoms with van der Waals surface area (Å²) in [4.78, 5) is 0. The Kier molecular flexibility index (Phi) is 5.27. The lowest BCUT2D eigenvalue weighted by molar-refractivity contribution is 0.181. The SMILES string of the molecule is CCC/C=C(\c1ccccc1)[C@H](O)C(C)C. The molecule has 0 fully saturated rings. The van der Waals surface area contributed by atoms with Crippen LogP contribution in [0.3, 0.4) is 0 Å². The highest BCUT2D eigenvalue weighted by Gasteiger charge is 2.15. The standard InChI is InChI=1S/C15H22O/c1-4-5-11-14(15(16)12(2)3)13-9-7-6-8-10-13/h6-12,15-16H,4-5H2,1-3H3/b14-11+/t15-/m1/s1. The van der Waals surface area contributed by atoms with Gasteiger partial charge in [0.2, 0.25) is 0 Å². The Morgan fingerprint density at radius 3 is 2.38 bits per heavy atom. The molecule has 1 rings (SSSR count). The Balaban J connectivity index is 2.97. The highest BCUT2D eigenvalue weighted by molar-refractivity contribution is 5.68. The molecule has 16 heavy (non-hydrogen) atoms. The van der Waals surface area contributed by atoms with Crippen molar-refractivity contribution in [1.29, 1.82) is 0 Å². The Morgan fingerprint density at radius 1 is 1.25 bits per heavy atom. The Bertz CT molecular complexity index is 325. The van der Waals surface area contributed by atoms with E-state index >= 15 is 0 Å². The molecular weight excluding hydrogens is 196 g/mol. The van der Waals surface area contributed by atoms with Gasteiger partial charge in [-0.05, 0) is 23.5 Å². The summed E-state index contributed by atoms with van der Waals surface area (Å²) in [5.41, 5.74) is 2.20. The van der Waals surface area contributed by atoms with E-state index in [0.717, 1.165) is 24.0 Å². The summed E-state index contributed by atoms with van der Waals surface area (Å²) in [5, 5.41) is 10.2. The smallest absolute Gasteiger partial charge is 0.0815 e. The third kappa shape index (κ3) is 3.49. The summed E-state index contributed by atoms with van der Waals surface area (Å²) < 4.78 is 0. The largest absolute Gasteiger partial charge is 0.388 e. The van der Waals surface area contributed by atoms with Crippen LogP contribution in [0.4, 0.5) is 0 Å². The summed E-state index contributed by atoms with van der Waals surface area (Å²) in [6, 6.07) is 10.2. The third-order valence-electron chi connectivity index (χ3n) is 2.71. The lowest BCUT2D eigenvalue weighted by Gasteiger charge is -2.19. The van der Waals surface area contributed by atoms with Crippen LogP contribution < -0.4 is 0 Å². The molecule has 0 heterocycles. The highest BCUT2D eigenvalue weighted by Crippen LogP contribution is 2.23. The molecule has 1 nitrogen and oxygen atoms in total. The fourth-order valence-corrected chi connectivity index (χ4v) is 1.70. The van der Waals surface area contributed by atoms with Crippen LogP contribution in [0.2, 0.25) is 0 Å². The average Bonchev–Trinajstić information content (AvgIpc) is 2.30. The van der Waals surface area contributed by atoms with E-state index < -0.39 is 0 Å². The van der Waals surface area contributed by atoms with Crippen LogP contribution in [-0.2, 0) is 0 Å². The van der Waals surface area contributed by atoms with E-state index in [-0.39, 0.29) is 12.0 Å². The molecule has 0 aliphatic carbocycles. The van der Waals surface area contributed by atoms with Gasteiger partial charge in [-0.25, -0.2) is 0 Å². The van der Waals surface area contributed by atoms with E-state index in [1.165, 1.54) is 0 Å². The zero-order chi connectivity index (χ0) is 12.0. The first-order chi connectivity index (χ1) is 7.66. The maximum absolute atomic E-state index is 10.2.